The highest BCUT2D eigenvalue weighted by Gasteiger charge is 2.54. The van der Waals surface area contributed by atoms with Gasteiger partial charge in [-0.3, -0.25) is 9.69 Å². The number of nitrogens with zero attached hydrogens (tertiary/aromatic N) is 1. The number of methoxy groups -OCH3 is 2. The van der Waals surface area contributed by atoms with Gasteiger partial charge in [-0.15, -0.1) is 6.58 Å². The molecule has 1 amide bonds. The van der Waals surface area contributed by atoms with Gasteiger partial charge in [-0.2, -0.15) is 0 Å². The second kappa shape index (κ2) is 10.7. The maximum absolute atomic E-state index is 13.8. The molecular weight excluding hydrogens is 435 g/mol. The number of fused-ring (bicyclic) bond motifs is 2. The first-order chi connectivity index (χ1) is 16.5. The SMILES string of the molecule is C=CCO[C@H]1[C@H](NC(=O)COC)c2ccccc2C12CCN(Cc1ccc(F)c(OC)c1)CC2. The molecule has 7 heteroatoms. The predicted molar refractivity (Wildman–Crippen MR) is 128 cm³/mol. The van der Waals surface area contributed by atoms with Crippen molar-refractivity contribution in [2.24, 2.45) is 0 Å². The highest BCUT2D eigenvalue weighted by Crippen LogP contribution is 2.52. The number of hydrogen-bond acceptors (Lipinski definition) is 5. The van der Waals surface area contributed by atoms with Gasteiger partial charge in [0.05, 0.1) is 25.9 Å². The highest BCUT2D eigenvalue weighted by molar-refractivity contribution is 5.78. The number of ether oxygens (including phenoxy) is 3. The van der Waals surface area contributed by atoms with Crippen LogP contribution < -0.4 is 10.1 Å². The Kier molecular flexibility index (Phi) is 7.66. The van der Waals surface area contributed by atoms with Crippen molar-refractivity contribution in [1.82, 2.24) is 10.2 Å². The van der Waals surface area contributed by atoms with Gasteiger partial charge in [-0.25, -0.2) is 4.39 Å². The summed E-state index contributed by atoms with van der Waals surface area (Å²) in [6.07, 6.45) is 3.33. The van der Waals surface area contributed by atoms with Crippen LogP contribution in [-0.2, 0) is 26.2 Å². The van der Waals surface area contributed by atoms with Crippen LogP contribution >= 0.6 is 0 Å². The Labute approximate surface area is 200 Å². The summed E-state index contributed by atoms with van der Waals surface area (Å²) in [5.74, 6) is -0.243. The van der Waals surface area contributed by atoms with E-state index in [1.54, 1.807) is 12.1 Å². The van der Waals surface area contributed by atoms with Gasteiger partial charge in [0.1, 0.15) is 6.61 Å². The highest BCUT2D eigenvalue weighted by atomic mass is 19.1. The lowest BCUT2D eigenvalue weighted by atomic mass is 9.71. The maximum atomic E-state index is 13.8. The number of likely N-dealkylation sites (tertiary alicyclic amines) is 1. The first-order valence-corrected chi connectivity index (χ1v) is 11.7. The molecule has 0 radical (unpaired) electrons. The summed E-state index contributed by atoms with van der Waals surface area (Å²) in [5, 5.41) is 3.15. The van der Waals surface area contributed by atoms with Gasteiger partial charge in [0.25, 0.3) is 0 Å². The molecular formula is C27H33FN2O4. The fourth-order valence-corrected chi connectivity index (χ4v) is 5.51. The van der Waals surface area contributed by atoms with E-state index in [2.05, 4.69) is 35.0 Å². The zero-order valence-corrected chi connectivity index (χ0v) is 19.9. The number of amides is 1. The quantitative estimate of drug-likeness (QED) is 0.568. The van der Waals surface area contributed by atoms with E-state index in [-0.39, 0.29) is 41.6 Å². The number of nitrogens with one attached hydrogen (secondary N) is 1. The molecule has 1 spiro atoms. The van der Waals surface area contributed by atoms with E-state index in [0.29, 0.717) is 6.61 Å². The van der Waals surface area contributed by atoms with Crippen LogP contribution in [0.25, 0.3) is 0 Å². The molecule has 0 saturated carbocycles. The number of carbonyl (C=O) groups excluding carboxylic acids is 1. The second-order valence-corrected chi connectivity index (χ2v) is 9.01. The molecule has 1 N–H and O–H groups in total. The summed E-state index contributed by atoms with van der Waals surface area (Å²) in [7, 11) is 3.00. The van der Waals surface area contributed by atoms with Crippen molar-refractivity contribution >= 4 is 5.91 Å². The Morgan fingerprint density at radius 1 is 1.24 bits per heavy atom. The number of hydrogen-bond donors (Lipinski definition) is 1. The van der Waals surface area contributed by atoms with Crippen LogP contribution in [0, 0.1) is 5.82 Å². The summed E-state index contributed by atoms with van der Waals surface area (Å²) in [4.78, 5) is 14.9. The zero-order valence-electron chi connectivity index (χ0n) is 19.9. The Hall–Kier alpha value is -2.74. The van der Waals surface area contributed by atoms with Crippen LogP contribution in [0.1, 0.15) is 35.6 Å². The Bertz CT molecular complexity index is 1020. The Morgan fingerprint density at radius 2 is 2.00 bits per heavy atom. The number of piperidine rings is 1. The third kappa shape index (κ3) is 4.73. The number of carbonyl (C=O) groups is 1. The minimum Gasteiger partial charge on any atom is -0.494 e. The average Bonchev–Trinajstić information content (AvgIpc) is 3.09. The van der Waals surface area contributed by atoms with E-state index >= 15 is 0 Å². The lowest BCUT2D eigenvalue weighted by Gasteiger charge is -2.44. The van der Waals surface area contributed by atoms with Crippen LogP contribution in [0.3, 0.4) is 0 Å². The van der Waals surface area contributed by atoms with Crippen LogP contribution in [0.2, 0.25) is 0 Å². The lowest BCUT2D eigenvalue weighted by molar-refractivity contribution is -0.127. The van der Waals surface area contributed by atoms with Crippen molar-refractivity contribution in [3.63, 3.8) is 0 Å². The van der Waals surface area contributed by atoms with Gasteiger partial charge in [0, 0.05) is 19.1 Å². The summed E-state index contributed by atoms with van der Waals surface area (Å²) in [6.45, 7) is 6.69. The second-order valence-electron chi connectivity index (χ2n) is 9.01. The van der Waals surface area contributed by atoms with E-state index in [1.165, 1.54) is 25.8 Å². The van der Waals surface area contributed by atoms with E-state index in [1.807, 2.05) is 12.1 Å². The topological polar surface area (TPSA) is 60.0 Å². The molecule has 0 aromatic heterocycles. The van der Waals surface area contributed by atoms with Crippen LogP contribution in [0.15, 0.2) is 55.1 Å². The predicted octanol–water partition coefficient (Wildman–Crippen LogP) is 3.76. The molecule has 2 aliphatic rings. The molecule has 182 valence electrons. The van der Waals surface area contributed by atoms with Gasteiger partial charge < -0.3 is 19.5 Å². The number of benzene rings is 2. The molecule has 2 atom stereocenters. The molecule has 1 saturated heterocycles. The minimum absolute atomic E-state index is 0.00869. The first kappa shape index (κ1) is 24.4. The molecule has 34 heavy (non-hydrogen) atoms. The summed E-state index contributed by atoms with van der Waals surface area (Å²) in [6, 6.07) is 13.1. The van der Waals surface area contributed by atoms with Gasteiger partial charge in [-0.05, 0) is 54.8 Å². The van der Waals surface area contributed by atoms with Crippen molar-refractivity contribution in [3.05, 3.63) is 77.6 Å². The summed E-state index contributed by atoms with van der Waals surface area (Å²) >= 11 is 0. The van der Waals surface area contributed by atoms with Crippen molar-refractivity contribution in [3.8, 4) is 5.75 Å². The Morgan fingerprint density at radius 3 is 2.71 bits per heavy atom. The standard InChI is InChI=1S/C27H33FN2O4/c1-4-15-34-26-25(29-24(31)18-32-2)20-7-5-6-8-21(20)27(26)11-13-30(14-12-27)17-19-9-10-22(28)23(16-19)33-3/h4-10,16,25-26H,1,11-15,17-18H2,2-3H3,(H,29,31)/t25-,26+/m1/s1. The normalized spacial score (nSPS) is 21.3. The van der Waals surface area contributed by atoms with Crippen molar-refractivity contribution in [2.45, 2.75) is 36.9 Å². The molecule has 1 fully saturated rings. The zero-order chi connectivity index (χ0) is 24.1. The van der Waals surface area contributed by atoms with Crippen molar-refractivity contribution in [2.75, 3.05) is 40.5 Å². The number of rotatable bonds is 9. The van der Waals surface area contributed by atoms with E-state index in [9.17, 15) is 9.18 Å². The van der Waals surface area contributed by atoms with Crippen molar-refractivity contribution < 1.29 is 23.4 Å². The molecule has 6 nitrogen and oxygen atoms in total. The van der Waals surface area contributed by atoms with Crippen molar-refractivity contribution in [1.29, 1.82) is 0 Å². The smallest absolute Gasteiger partial charge is 0.246 e. The molecule has 0 bridgehead atoms. The molecule has 2 aromatic rings. The third-order valence-corrected chi connectivity index (χ3v) is 7.04. The molecule has 1 heterocycles. The van der Waals surface area contributed by atoms with Gasteiger partial charge in [-0.1, -0.05) is 36.4 Å². The number of halogens is 1. The van der Waals surface area contributed by atoms with Crippen LogP contribution in [-0.4, -0.2) is 57.4 Å². The van der Waals surface area contributed by atoms with Crippen LogP contribution in [0.5, 0.6) is 5.75 Å². The minimum atomic E-state index is -0.352. The monoisotopic (exact) mass is 468 g/mol. The molecule has 0 unspecified atom stereocenters. The first-order valence-electron chi connectivity index (χ1n) is 11.7. The largest absolute Gasteiger partial charge is 0.494 e. The van der Waals surface area contributed by atoms with E-state index in [0.717, 1.165) is 43.6 Å². The van der Waals surface area contributed by atoms with E-state index < -0.39 is 0 Å². The fourth-order valence-electron chi connectivity index (χ4n) is 5.51. The van der Waals surface area contributed by atoms with E-state index in [4.69, 9.17) is 14.2 Å². The summed E-state index contributed by atoms with van der Waals surface area (Å²) < 4.78 is 30.4. The third-order valence-electron chi connectivity index (χ3n) is 7.04. The fraction of sp³-hybridized carbons (Fsp3) is 0.444. The Balaban J connectivity index is 1.56. The summed E-state index contributed by atoms with van der Waals surface area (Å²) in [5.41, 5.74) is 3.17. The van der Waals surface area contributed by atoms with Crippen LogP contribution in [0.4, 0.5) is 4.39 Å². The molecule has 1 aliphatic carbocycles. The maximum Gasteiger partial charge on any atom is 0.246 e. The molecule has 1 aliphatic heterocycles. The lowest BCUT2D eigenvalue weighted by Crippen LogP contribution is -2.51. The molecule has 2 aromatic carbocycles. The van der Waals surface area contributed by atoms with Gasteiger partial charge in [0.15, 0.2) is 11.6 Å². The van der Waals surface area contributed by atoms with Gasteiger partial charge >= 0.3 is 0 Å². The van der Waals surface area contributed by atoms with Gasteiger partial charge in [0.2, 0.25) is 5.91 Å². The molecule has 4 rings (SSSR count). The average molecular weight is 469 g/mol.